The van der Waals surface area contributed by atoms with Crippen molar-refractivity contribution in [3.05, 3.63) is 57.4 Å². The summed E-state index contributed by atoms with van der Waals surface area (Å²) < 4.78 is 10.7. The Hall–Kier alpha value is -2.66. The molecular weight excluding hydrogens is 328 g/mol. The number of fused-ring (bicyclic) bond motifs is 1. The molecule has 1 heterocycles. The summed E-state index contributed by atoms with van der Waals surface area (Å²) in [7, 11) is 4.82. The van der Waals surface area contributed by atoms with Crippen molar-refractivity contribution in [1.82, 2.24) is 10.4 Å². The van der Waals surface area contributed by atoms with Crippen LogP contribution in [0.5, 0.6) is 11.5 Å². The fourth-order valence-electron chi connectivity index (χ4n) is 2.58. The van der Waals surface area contributed by atoms with Gasteiger partial charge in [0, 0.05) is 28.9 Å². The number of rotatable bonds is 3. The molecular formula is C18H17ClN2O3. The van der Waals surface area contributed by atoms with Crippen LogP contribution in [0.2, 0.25) is 5.02 Å². The highest BCUT2D eigenvalue weighted by atomic mass is 35.5. The van der Waals surface area contributed by atoms with E-state index in [0.29, 0.717) is 16.5 Å². The summed E-state index contributed by atoms with van der Waals surface area (Å²) in [4.78, 5) is 12.3. The van der Waals surface area contributed by atoms with Gasteiger partial charge in [-0.15, -0.1) is 0 Å². The van der Waals surface area contributed by atoms with E-state index in [-0.39, 0.29) is 5.91 Å². The van der Waals surface area contributed by atoms with Crippen molar-refractivity contribution in [3.8, 4) is 11.5 Å². The molecule has 1 aliphatic rings. The van der Waals surface area contributed by atoms with E-state index in [1.165, 1.54) is 5.01 Å². The first-order chi connectivity index (χ1) is 11.5. The van der Waals surface area contributed by atoms with E-state index in [1.54, 1.807) is 33.4 Å². The monoisotopic (exact) mass is 344 g/mol. The summed E-state index contributed by atoms with van der Waals surface area (Å²) >= 11 is 5.99. The Kier molecular flexibility index (Phi) is 4.36. The average molecular weight is 345 g/mol. The molecule has 1 N–H and O–H groups in total. The summed E-state index contributed by atoms with van der Waals surface area (Å²) in [5, 5.41) is 3.67. The Bertz CT molecular complexity index is 907. The van der Waals surface area contributed by atoms with Gasteiger partial charge in [-0.3, -0.25) is 15.2 Å². The molecule has 0 saturated heterocycles. The normalized spacial score (nSPS) is 13.6. The van der Waals surface area contributed by atoms with Crippen LogP contribution in [0.25, 0.3) is 11.8 Å². The third-order valence-electron chi connectivity index (χ3n) is 3.85. The molecule has 0 fully saturated rings. The fraction of sp³-hybridized carbons (Fsp3) is 0.167. The van der Waals surface area contributed by atoms with Gasteiger partial charge in [-0.05, 0) is 29.5 Å². The van der Waals surface area contributed by atoms with Crippen LogP contribution >= 0.6 is 11.6 Å². The molecule has 0 spiro atoms. The number of amides is 1. The summed E-state index contributed by atoms with van der Waals surface area (Å²) in [6.45, 7) is 0. The summed E-state index contributed by atoms with van der Waals surface area (Å²) in [6.07, 6.45) is 1.56. The van der Waals surface area contributed by atoms with E-state index in [0.717, 1.165) is 21.7 Å². The maximum absolute atomic E-state index is 12.3. The number of hydrogen-bond acceptors (Lipinski definition) is 4. The Morgan fingerprint density at radius 1 is 1.04 bits per heavy atom. The number of ether oxygens (including phenoxy) is 2. The van der Waals surface area contributed by atoms with Gasteiger partial charge in [0.15, 0.2) is 11.5 Å². The van der Waals surface area contributed by atoms with Crippen molar-refractivity contribution < 1.29 is 14.3 Å². The van der Waals surface area contributed by atoms with Gasteiger partial charge in [-0.2, -0.15) is 0 Å². The molecule has 2 aromatic carbocycles. The summed E-state index contributed by atoms with van der Waals surface area (Å²) in [5.74, 6) is 1.00. The highest BCUT2D eigenvalue weighted by Gasteiger charge is 2.16. The average Bonchev–Trinajstić information content (AvgIpc) is 2.71. The summed E-state index contributed by atoms with van der Waals surface area (Å²) in [6, 6.07) is 11.1. The first-order valence-corrected chi connectivity index (χ1v) is 7.69. The number of benzene rings is 2. The zero-order chi connectivity index (χ0) is 17.3. The molecule has 6 heteroatoms. The largest absolute Gasteiger partial charge is 0.493 e. The quantitative estimate of drug-likeness (QED) is 0.911. The lowest BCUT2D eigenvalue weighted by Crippen LogP contribution is -2.38. The predicted molar refractivity (Wildman–Crippen MR) is 93.1 cm³/mol. The topological polar surface area (TPSA) is 50.8 Å². The minimum atomic E-state index is -0.160. The van der Waals surface area contributed by atoms with Crippen molar-refractivity contribution in [2.24, 2.45) is 0 Å². The molecule has 0 bridgehead atoms. The van der Waals surface area contributed by atoms with Gasteiger partial charge in [0.1, 0.15) is 0 Å². The number of nitrogens with one attached hydrogen (secondary N) is 1. The number of nitrogens with zero attached hydrogens (tertiary/aromatic N) is 1. The van der Waals surface area contributed by atoms with Gasteiger partial charge in [0.25, 0.3) is 5.91 Å². The van der Waals surface area contributed by atoms with Gasteiger partial charge in [-0.25, -0.2) is 0 Å². The first kappa shape index (κ1) is 16.2. The van der Waals surface area contributed by atoms with Crippen molar-refractivity contribution in [2.75, 3.05) is 21.3 Å². The number of carbonyl (C=O) groups excluding carboxylic acids is 1. The second-order valence-electron chi connectivity index (χ2n) is 5.33. The maximum atomic E-state index is 12.3. The third kappa shape index (κ3) is 2.90. The molecule has 5 nitrogen and oxygen atoms in total. The van der Waals surface area contributed by atoms with E-state index in [9.17, 15) is 4.79 Å². The van der Waals surface area contributed by atoms with Crippen LogP contribution in [0, 0.1) is 0 Å². The Morgan fingerprint density at radius 2 is 1.67 bits per heavy atom. The smallest absolute Gasteiger partial charge is 0.265 e. The molecule has 2 aromatic rings. The van der Waals surface area contributed by atoms with Gasteiger partial charge in [-0.1, -0.05) is 23.7 Å². The highest BCUT2D eigenvalue weighted by molar-refractivity contribution is 6.30. The minimum absolute atomic E-state index is 0.160. The van der Waals surface area contributed by atoms with Crippen molar-refractivity contribution in [1.29, 1.82) is 0 Å². The van der Waals surface area contributed by atoms with Crippen LogP contribution in [0.15, 0.2) is 36.4 Å². The maximum Gasteiger partial charge on any atom is 0.265 e. The SMILES string of the molecule is COc1cc2c(cc1OC)=C(c1ccc(Cl)cc1)NN(C)C(=O)C=2. The van der Waals surface area contributed by atoms with Gasteiger partial charge in [0.05, 0.1) is 19.9 Å². The fourth-order valence-corrected chi connectivity index (χ4v) is 2.71. The van der Waals surface area contributed by atoms with Crippen LogP contribution in [-0.2, 0) is 4.79 Å². The van der Waals surface area contributed by atoms with E-state index in [2.05, 4.69) is 5.43 Å². The van der Waals surface area contributed by atoms with Crippen molar-refractivity contribution in [3.63, 3.8) is 0 Å². The van der Waals surface area contributed by atoms with E-state index in [1.807, 2.05) is 30.3 Å². The van der Waals surface area contributed by atoms with Crippen LogP contribution in [-0.4, -0.2) is 32.2 Å². The molecule has 0 unspecified atom stereocenters. The number of carbonyl (C=O) groups is 1. The molecule has 0 aromatic heterocycles. The molecule has 24 heavy (non-hydrogen) atoms. The van der Waals surface area contributed by atoms with E-state index in [4.69, 9.17) is 21.1 Å². The van der Waals surface area contributed by atoms with Crippen LogP contribution in [0.1, 0.15) is 5.56 Å². The lowest BCUT2D eigenvalue weighted by atomic mass is 10.1. The molecule has 3 rings (SSSR count). The lowest BCUT2D eigenvalue weighted by molar-refractivity contribution is -0.124. The molecule has 0 saturated carbocycles. The third-order valence-corrected chi connectivity index (χ3v) is 4.10. The predicted octanol–water partition coefficient (Wildman–Crippen LogP) is 1.27. The number of hydrazine groups is 1. The molecule has 1 aliphatic heterocycles. The Labute approximate surface area is 144 Å². The van der Waals surface area contributed by atoms with Crippen LogP contribution < -0.4 is 25.3 Å². The zero-order valence-corrected chi connectivity index (χ0v) is 14.3. The lowest BCUT2D eigenvalue weighted by Gasteiger charge is -2.19. The number of halogens is 1. The van der Waals surface area contributed by atoms with E-state index >= 15 is 0 Å². The number of methoxy groups -OCH3 is 2. The molecule has 0 radical (unpaired) electrons. The van der Waals surface area contributed by atoms with Crippen molar-refractivity contribution in [2.45, 2.75) is 0 Å². The molecule has 0 atom stereocenters. The van der Waals surface area contributed by atoms with Crippen molar-refractivity contribution >= 4 is 29.3 Å². The van der Waals surface area contributed by atoms with Crippen LogP contribution in [0.3, 0.4) is 0 Å². The van der Waals surface area contributed by atoms with Gasteiger partial charge >= 0.3 is 0 Å². The summed E-state index contributed by atoms with van der Waals surface area (Å²) in [5.41, 5.74) is 4.83. The van der Waals surface area contributed by atoms with E-state index < -0.39 is 0 Å². The molecule has 124 valence electrons. The molecule has 1 amide bonds. The Morgan fingerprint density at radius 3 is 2.29 bits per heavy atom. The zero-order valence-electron chi connectivity index (χ0n) is 13.6. The van der Waals surface area contributed by atoms with Crippen LogP contribution in [0.4, 0.5) is 0 Å². The molecule has 0 aliphatic carbocycles. The second kappa shape index (κ2) is 6.45. The number of hydrogen-bond donors (Lipinski definition) is 1. The van der Waals surface area contributed by atoms with Gasteiger partial charge in [0.2, 0.25) is 0 Å². The first-order valence-electron chi connectivity index (χ1n) is 7.32. The second-order valence-corrected chi connectivity index (χ2v) is 5.77. The highest BCUT2D eigenvalue weighted by Crippen LogP contribution is 2.23. The Balaban J connectivity index is 2.38. The standard InChI is InChI=1S/C18H17ClN2O3/c1-21-17(22)9-12-8-15(23-2)16(24-3)10-14(12)18(20-21)11-4-6-13(19)7-5-11/h4-10,20H,1-3H3. The van der Waals surface area contributed by atoms with Gasteiger partial charge < -0.3 is 9.47 Å². The minimum Gasteiger partial charge on any atom is -0.493 e.